The molecule has 7 heteroatoms. The molecule has 2 aromatic heterocycles. The van der Waals surface area contributed by atoms with E-state index in [1.54, 1.807) is 13.4 Å². The van der Waals surface area contributed by atoms with Gasteiger partial charge in [-0.1, -0.05) is 23.4 Å². The maximum atomic E-state index is 12.4. The number of rotatable bonds is 8. The number of aromatic nitrogens is 3. The molecule has 0 saturated heterocycles. The summed E-state index contributed by atoms with van der Waals surface area (Å²) in [7, 11) is 1.66. The van der Waals surface area contributed by atoms with Gasteiger partial charge in [0, 0.05) is 31.1 Å². The van der Waals surface area contributed by atoms with Crippen LogP contribution in [0.1, 0.15) is 55.0 Å². The molecular weight excluding hydrogens is 404 g/mol. The van der Waals surface area contributed by atoms with Gasteiger partial charge < -0.3 is 14.6 Å². The van der Waals surface area contributed by atoms with Crippen LogP contribution in [0.15, 0.2) is 47.4 Å². The zero-order valence-electron chi connectivity index (χ0n) is 18.7. The number of amides is 1. The second-order valence-corrected chi connectivity index (χ2v) is 8.49. The Hall–Kier alpha value is -3.22. The van der Waals surface area contributed by atoms with Crippen molar-refractivity contribution in [2.45, 2.75) is 51.4 Å². The van der Waals surface area contributed by atoms with Crippen LogP contribution >= 0.6 is 0 Å². The predicted octanol–water partition coefficient (Wildman–Crippen LogP) is 4.47. The minimum atomic E-state index is 0.0943. The number of benzene rings is 1. The first-order valence-electron chi connectivity index (χ1n) is 11.3. The monoisotopic (exact) mass is 434 g/mol. The lowest BCUT2D eigenvalue weighted by atomic mass is 9.79. The van der Waals surface area contributed by atoms with Gasteiger partial charge in [0.1, 0.15) is 12.1 Å². The lowest BCUT2D eigenvalue weighted by Crippen LogP contribution is -2.31. The highest BCUT2D eigenvalue weighted by Gasteiger charge is 2.26. The number of nitrogens with zero attached hydrogens (tertiary/aromatic N) is 3. The van der Waals surface area contributed by atoms with E-state index in [4.69, 9.17) is 9.26 Å². The first-order valence-corrected chi connectivity index (χ1v) is 11.3. The van der Waals surface area contributed by atoms with Crippen molar-refractivity contribution in [3.8, 4) is 17.1 Å². The summed E-state index contributed by atoms with van der Waals surface area (Å²) in [6.45, 7) is 2.64. The Bertz CT molecular complexity index is 1040. The largest absolute Gasteiger partial charge is 0.496 e. The molecule has 1 N–H and O–H groups in total. The highest BCUT2D eigenvalue weighted by Crippen LogP contribution is 2.38. The number of carbonyl (C=O) groups is 1. The zero-order valence-corrected chi connectivity index (χ0v) is 18.7. The number of hydrogen-bond donors (Lipinski definition) is 1. The fourth-order valence-corrected chi connectivity index (χ4v) is 4.49. The van der Waals surface area contributed by atoms with Gasteiger partial charge in [-0.3, -0.25) is 4.79 Å². The normalized spacial score (nSPS) is 18.3. The maximum absolute atomic E-state index is 12.4. The lowest BCUT2D eigenvalue weighted by Gasteiger charge is -2.29. The average molecular weight is 435 g/mol. The van der Waals surface area contributed by atoms with Crippen LogP contribution in [0.4, 0.5) is 0 Å². The summed E-state index contributed by atoms with van der Waals surface area (Å²) in [6.07, 6.45) is 8.79. The SMILES string of the molecule is COc1ccccc1CCC(=O)NCC1CCC(c2ncncc2-c2cc(C)no2)CC1. The molecule has 2 heterocycles. The first-order chi connectivity index (χ1) is 15.6. The molecule has 1 aromatic carbocycles. The molecule has 168 valence electrons. The molecule has 0 aliphatic heterocycles. The minimum Gasteiger partial charge on any atom is -0.496 e. The Morgan fingerprint density at radius 3 is 2.78 bits per heavy atom. The summed E-state index contributed by atoms with van der Waals surface area (Å²) in [5.74, 6) is 2.53. The van der Waals surface area contributed by atoms with E-state index < -0.39 is 0 Å². The second kappa shape index (κ2) is 10.4. The van der Waals surface area contributed by atoms with E-state index >= 15 is 0 Å². The van der Waals surface area contributed by atoms with Gasteiger partial charge in [0.2, 0.25) is 5.91 Å². The van der Waals surface area contributed by atoms with Crippen LogP contribution in [-0.2, 0) is 11.2 Å². The van der Waals surface area contributed by atoms with Gasteiger partial charge in [-0.05, 0) is 56.6 Å². The van der Waals surface area contributed by atoms with Crippen molar-refractivity contribution >= 4 is 5.91 Å². The molecule has 0 radical (unpaired) electrons. The predicted molar refractivity (Wildman–Crippen MR) is 121 cm³/mol. The highest BCUT2D eigenvalue weighted by atomic mass is 16.5. The molecule has 1 fully saturated rings. The van der Waals surface area contributed by atoms with E-state index in [-0.39, 0.29) is 5.91 Å². The van der Waals surface area contributed by atoms with Crippen molar-refractivity contribution in [3.63, 3.8) is 0 Å². The smallest absolute Gasteiger partial charge is 0.220 e. The summed E-state index contributed by atoms with van der Waals surface area (Å²) in [4.78, 5) is 21.1. The molecule has 4 rings (SSSR count). The van der Waals surface area contributed by atoms with Crippen LogP contribution in [0.3, 0.4) is 0 Å². The van der Waals surface area contributed by atoms with E-state index in [0.29, 0.717) is 24.7 Å². The maximum Gasteiger partial charge on any atom is 0.220 e. The average Bonchev–Trinajstić information content (AvgIpc) is 3.28. The van der Waals surface area contributed by atoms with Crippen molar-refractivity contribution in [2.75, 3.05) is 13.7 Å². The summed E-state index contributed by atoms with van der Waals surface area (Å²) in [5, 5.41) is 7.12. The van der Waals surface area contributed by atoms with Crippen LogP contribution in [0.25, 0.3) is 11.3 Å². The quantitative estimate of drug-likeness (QED) is 0.562. The molecule has 7 nitrogen and oxygen atoms in total. The Kier molecular flexibility index (Phi) is 7.14. The molecule has 3 aromatic rings. The third-order valence-electron chi connectivity index (χ3n) is 6.27. The molecule has 0 atom stereocenters. The first kappa shape index (κ1) is 22.0. The second-order valence-electron chi connectivity index (χ2n) is 8.49. The minimum absolute atomic E-state index is 0.0943. The molecular formula is C25H30N4O3. The molecule has 0 bridgehead atoms. The zero-order chi connectivity index (χ0) is 22.3. The number of carbonyl (C=O) groups excluding carboxylic acids is 1. The molecule has 0 unspecified atom stereocenters. The van der Waals surface area contributed by atoms with Crippen LogP contribution in [-0.4, -0.2) is 34.7 Å². The standard InChI is InChI=1S/C25H30N4O3/c1-17-13-23(32-29-17)21-15-26-16-28-25(21)20-9-7-18(8-10-20)14-27-24(30)12-11-19-5-3-4-6-22(19)31-2/h3-6,13,15-16,18,20H,7-12,14H2,1-2H3,(H,27,30). The van der Waals surface area contributed by atoms with Gasteiger partial charge in [0.15, 0.2) is 5.76 Å². The van der Waals surface area contributed by atoms with E-state index in [1.807, 2.05) is 43.5 Å². The summed E-state index contributed by atoms with van der Waals surface area (Å²) in [5.41, 5.74) is 3.88. The van der Waals surface area contributed by atoms with E-state index in [9.17, 15) is 4.79 Å². The molecule has 1 saturated carbocycles. The Labute approximate surface area is 188 Å². The number of nitrogens with one attached hydrogen (secondary N) is 1. The Morgan fingerprint density at radius 2 is 2.03 bits per heavy atom. The summed E-state index contributed by atoms with van der Waals surface area (Å²) in [6, 6.07) is 9.78. The topological polar surface area (TPSA) is 90.1 Å². The van der Waals surface area contributed by atoms with Gasteiger partial charge in [-0.25, -0.2) is 9.97 Å². The van der Waals surface area contributed by atoms with Gasteiger partial charge in [0.25, 0.3) is 0 Å². The molecule has 1 amide bonds. The Balaban J connectivity index is 1.26. The van der Waals surface area contributed by atoms with E-state index in [2.05, 4.69) is 20.4 Å². The number of hydrogen-bond acceptors (Lipinski definition) is 6. The van der Waals surface area contributed by atoms with Crippen LogP contribution in [0.2, 0.25) is 0 Å². The van der Waals surface area contributed by atoms with Crippen molar-refractivity contribution in [1.82, 2.24) is 20.4 Å². The number of para-hydroxylation sites is 1. The fourth-order valence-electron chi connectivity index (χ4n) is 4.49. The van der Waals surface area contributed by atoms with Crippen molar-refractivity contribution in [1.29, 1.82) is 0 Å². The number of ether oxygens (including phenoxy) is 1. The number of aryl methyl sites for hydroxylation is 2. The van der Waals surface area contributed by atoms with Crippen molar-refractivity contribution in [2.24, 2.45) is 5.92 Å². The molecule has 1 aliphatic rings. The van der Waals surface area contributed by atoms with Gasteiger partial charge in [-0.15, -0.1) is 0 Å². The third kappa shape index (κ3) is 5.33. The highest BCUT2D eigenvalue weighted by molar-refractivity contribution is 5.76. The van der Waals surface area contributed by atoms with E-state index in [1.165, 1.54) is 0 Å². The third-order valence-corrected chi connectivity index (χ3v) is 6.27. The van der Waals surface area contributed by atoms with Gasteiger partial charge >= 0.3 is 0 Å². The number of methoxy groups -OCH3 is 1. The molecule has 0 spiro atoms. The van der Waals surface area contributed by atoms with Crippen molar-refractivity contribution in [3.05, 3.63) is 59.8 Å². The van der Waals surface area contributed by atoms with Crippen LogP contribution in [0, 0.1) is 12.8 Å². The van der Waals surface area contributed by atoms with Crippen LogP contribution < -0.4 is 10.1 Å². The summed E-state index contributed by atoms with van der Waals surface area (Å²) < 4.78 is 10.8. The summed E-state index contributed by atoms with van der Waals surface area (Å²) >= 11 is 0. The van der Waals surface area contributed by atoms with Gasteiger partial charge in [0.05, 0.1) is 24.1 Å². The molecule has 1 aliphatic carbocycles. The van der Waals surface area contributed by atoms with Crippen molar-refractivity contribution < 1.29 is 14.1 Å². The Morgan fingerprint density at radius 1 is 1.22 bits per heavy atom. The molecule has 32 heavy (non-hydrogen) atoms. The van der Waals surface area contributed by atoms with Crippen LogP contribution in [0.5, 0.6) is 5.75 Å². The van der Waals surface area contributed by atoms with E-state index in [0.717, 1.165) is 66.3 Å². The fraction of sp³-hybridized carbons (Fsp3) is 0.440. The van der Waals surface area contributed by atoms with Gasteiger partial charge in [-0.2, -0.15) is 0 Å². The lowest BCUT2D eigenvalue weighted by molar-refractivity contribution is -0.121.